The summed E-state index contributed by atoms with van der Waals surface area (Å²) < 4.78 is 12.7. The van der Waals surface area contributed by atoms with E-state index in [1.165, 1.54) is 6.07 Å². The number of nitrogens with zero attached hydrogens (tertiary/aromatic N) is 1. The molecular weight excluding hydrogens is 202 g/mol. The highest BCUT2D eigenvalue weighted by molar-refractivity contribution is 6.33. The van der Waals surface area contributed by atoms with E-state index in [1.54, 1.807) is 6.07 Å². The van der Waals surface area contributed by atoms with E-state index in [2.05, 4.69) is 0 Å². The van der Waals surface area contributed by atoms with Gasteiger partial charge < -0.3 is 5.73 Å². The first-order valence-corrected chi connectivity index (χ1v) is 3.17. The number of hydrogen-bond donors (Lipinski definition) is 1. The van der Waals surface area contributed by atoms with Crippen molar-refractivity contribution in [3.8, 4) is 6.07 Å². The molecule has 12 heavy (non-hydrogen) atoms. The number of nitrogens with two attached hydrogens (primary N) is 1. The van der Waals surface area contributed by atoms with Crippen molar-refractivity contribution in [2.75, 3.05) is 5.73 Å². The summed E-state index contributed by atoms with van der Waals surface area (Å²) in [6.45, 7) is 0. The Balaban J connectivity index is 0.00000121. The molecule has 0 heterocycles. The number of hydrogen-bond acceptors (Lipinski definition) is 2. The van der Waals surface area contributed by atoms with Gasteiger partial charge in [-0.25, -0.2) is 4.39 Å². The second kappa shape index (κ2) is 4.15. The van der Waals surface area contributed by atoms with Crippen LogP contribution in [-0.4, -0.2) is 0 Å². The van der Waals surface area contributed by atoms with Crippen LogP contribution in [0.25, 0.3) is 0 Å². The van der Waals surface area contributed by atoms with Crippen molar-refractivity contribution in [1.82, 2.24) is 0 Å². The van der Waals surface area contributed by atoms with E-state index in [9.17, 15) is 4.39 Å². The minimum absolute atomic E-state index is 0. The summed E-state index contributed by atoms with van der Waals surface area (Å²) >= 11 is 5.47. The molecule has 1 rings (SSSR count). The van der Waals surface area contributed by atoms with Crippen molar-refractivity contribution in [2.24, 2.45) is 0 Å². The first-order chi connectivity index (χ1) is 5.15. The zero-order valence-electron chi connectivity index (χ0n) is 5.84. The molecule has 0 saturated heterocycles. The van der Waals surface area contributed by atoms with Gasteiger partial charge in [-0.1, -0.05) is 11.6 Å². The average Bonchev–Trinajstić information content (AvgIpc) is 1.97. The molecule has 0 amide bonds. The quantitative estimate of drug-likeness (QED) is 0.663. The third-order valence-corrected chi connectivity index (χ3v) is 1.53. The molecule has 0 aliphatic rings. The number of halogens is 3. The Hall–Kier alpha value is -0.980. The molecule has 2 nitrogen and oxygen atoms in total. The molecule has 0 spiro atoms. The summed E-state index contributed by atoms with van der Waals surface area (Å²) in [6.07, 6.45) is 0. The van der Waals surface area contributed by atoms with Gasteiger partial charge in [0, 0.05) is 0 Å². The minimum Gasteiger partial charge on any atom is -0.397 e. The van der Waals surface area contributed by atoms with Crippen LogP contribution in [-0.2, 0) is 0 Å². The molecule has 1 aromatic rings. The number of benzene rings is 1. The third kappa shape index (κ3) is 2.00. The van der Waals surface area contributed by atoms with Crippen molar-refractivity contribution in [1.29, 1.82) is 5.26 Å². The van der Waals surface area contributed by atoms with Gasteiger partial charge in [-0.15, -0.1) is 12.4 Å². The normalized spacial score (nSPS) is 8.42. The molecule has 0 unspecified atom stereocenters. The van der Waals surface area contributed by atoms with Crippen LogP contribution >= 0.6 is 24.0 Å². The predicted molar refractivity (Wildman–Crippen MR) is 47.8 cm³/mol. The highest BCUT2D eigenvalue weighted by Crippen LogP contribution is 2.21. The Morgan fingerprint density at radius 1 is 1.50 bits per heavy atom. The molecule has 0 aromatic heterocycles. The molecule has 2 N–H and O–H groups in total. The maximum Gasteiger partial charge on any atom is 0.142 e. The number of anilines is 1. The maximum atomic E-state index is 12.7. The van der Waals surface area contributed by atoms with Crippen molar-refractivity contribution in [2.45, 2.75) is 0 Å². The Morgan fingerprint density at radius 3 is 2.58 bits per heavy atom. The molecule has 0 atom stereocenters. The lowest BCUT2D eigenvalue weighted by Crippen LogP contribution is -1.90. The Labute approximate surface area is 80.2 Å². The van der Waals surface area contributed by atoms with Gasteiger partial charge in [0.1, 0.15) is 11.9 Å². The molecular formula is C7H5Cl2FN2. The summed E-state index contributed by atoms with van der Waals surface area (Å²) in [5.41, 5.74) is 5.44. The molecule has 5 heteroatoms. The molecule has 0 aliphatic heterocycles. The monoisotopic (exact) mass is 206 g/mol. The van der Waals surface area contributed by atoms with Crippen LogP contribution in [0.3, 0.4) is 0 Å². The zero-order valence-corrected chi connectivity index (χ0v) is 7.42. The van der Waals surface area contributed by atoms with E-state index in [-0.39, 0.29) is 28.7 Å². The van der Waals surface area contributed by atoms with Crippen molar-refractivity contribution in [3.05, 3.63) is 28.5 Å². The van der Waals surface area contributed by atoms with Crippen LogP contribution in [0, 0.1) is 17.1 Å². The lowest BCUT2D eigenvalue weighted by Gasteiger charge is -1.97. The second-order valence-corrected chi connectivity index (χ2v) is 2.37. The van der Waals surface area contributed by atoms with Crippen LogP contribution in [0.4, 0.5) is 10.1 Å². The SMILES string of the molecule is Cl.N#Cc1cc(N)c(Cl)cc1F. The van der Waals surface area contributed by atoms with E-state index in [0.29, 0.717) is 0 Å². The average molecular weight is 207 g/mol. The van der Waals surface area contributed by atoms with Gasteiger partial charge >= 0.3 is 0 Å². The summed E-state index contributed by atoms with van der Waals surface area (Å²) in [6, 6.07) is 3.88. The van der Waals surface area contributed by atoms with Gasteiger partial charge in [0.15, 0.2) is 0 Å². The van der Waals surface area contributed by atoms with Gasteiger partial charge in [-0.3, -0.25) is 0 Å². The molecule has 64 valence electrons. The summed E-state index contributed by atoms with van der Waals surface area (Å²) in [5, 5.41) is 8.47. The summed E-state index contributed by atoms with van der Waals surface area (Å²) in [7, 11) is 0. The fourth-order valence-electron chi connectivity index (χ4n) is 0.651. The van der Waals surface area contributed by atoms with Gasteiger partial charge in [0.25, 0.3) is 0 Å². The molecule has 0 aliphatic carbocycles. The van der Waals surface area contributed by atoms with E-state index in [4.69, 9.17) is 22.6 Å². The van der Waals surface area contributed by atoms with Gasteiger partial charge in [-0.05, 0) is 12.1 Å². The highest BCUT2D eigenvalue weighted by Gasteiger charge is 2.04. The largest absolute Gasteiger partial charge is 0.397 e. The lowest BCUT2D eigenvalue weighted by molar-refractivity contribution is 0.624. The molecule has 0 saturated carbocycles. The van der Waals surface area contributed by atoms with Gasteiger partial charge in [-0.2, -0.15) is 5.26 Å². The van der Waals surface area contributed by atoms with Crippen LogP contribution < -0.4 is 5.73 Å². The maximum absolute atomic E-state index is 12.7. The Bertz CT molecular complexity index is 333. The zero-order chi connectivity index (χ0) is 8.43. The number of nitrogen functional groups attached to an aromatic ring is 1. The summed E-state index contributed by atoms with van der Waals surface area (Å²) in [5.74, 6) is -0.647. The molecule has 0 radical (unpaired) electrons. The predicted octanol–water partition coefficient (Wildman–Crippen LogP) is 2.35. The van der Waals surface area contributed by atoms with E-state index >= 15 is 0 Å². The van der Waals surface area contributed by atoms with Gasteiger partial charge in [0.2, 0.25) is 0 Å². The standard InChI is InChI=1S/C7H4ClFN2.ClH/c8-5-2-6(9)4(3-10)1-7(5)11;/h1-2H,11H2;1H. The van der Waals surface area contributed by atoms with Crippen LogP contribution in [0.1, 0.15) is 5.56 Å². The fraction of sp³-hybridized carbons (Fsp3) is 0. The molecule has 0 fully saturated rings. The number of nitriles is 1. The topological polar surface area (TPSA) is 49.8 Å². The van der Waals surface area contributed by atoms with Gasteiger partial charge in [0.05, 0.1) is 16.3 Å². The second-order valence-electron chi connectivity index (χ2n) is 1.97. The molecule has 0 bridgehead atoms. The van der Waals surface area contributed by atoms with Crippen molar-refractivity contribution >= 4 is 29.7 Å². The van der Waals surface area contributed by atoms with E-state index < -0.39 is 5.82 Å². The van der Waals surface area contributed by atoms with Crippen LogP contribution in [0.5, 0.6) is 0 Å². The third-order valence-electron chi connectivity index (χ3n) is 1.21. The summed E-state index contributed by atoms with van der Waals surface area (Å²) in [4.78, 5) is 0. The van der Waals surface area contributed by atoms with Crippen LogP contribution in [0.15, 0.2) is 12.1 Å². The van der Waals surface area contributed by atoms with Crippen molar-refractivity contribution < 1.29 is 4.39 Å². The fourth-order valence-corrected chi connectivity index (χ4v) is 0.802. The van der Waals surface area contributed by atoms with E-state index in [1.807, 2.05) is 0 Å². The molecule has 1 aromatic carbocycles. The van der Waals surface area contributed by atoms with E-state index in [0.717, 1.165) is 6.07 Å². The van der Waals surface area contributed by atoms with Crippen LogP contribution in [0.2, 0.25) is 5.02 Å². The Morgan fingerprint density at radius 2 is 2.08 bits per heavy atom. The Kier molecular flexibility index (Phi) is 3.81. The minimum atomic E-state index is -0.647. The first-order valence-electron chi connectivity index (χ1n) is 2.79. The lowest BCUT2D eigenvalue weighted by atomic mass is 10.2. The van der Waals surface area contributed by atoms with Crippen molar-refractivity contribution in [3.63, 3.8) is 0 Å². The highest BCUT2D eigenvalue weighted by atomic mass is 35.5. The smallest absolute Gasteiger partial charge is 0.142 e. The number of rotatable bonds is 0. The first kappa shape index (κ1) is 11.0.